The lowest BCUT2D eigenvalue weighted by molar-refractivity contribution is 0.126. The predicted octanol–water partition coefficient (Wildman–Crippen LogP) is 2.74. The van der Waals surface area contributed by atoms with E-state index in [4.69, 9.17) is 0 Å². The lowest BCUT2D eigenvalue weighted by Crippen LogP contribution is -2.43. The third-order valence-electron chi connectivity index (χ3n) is 3.12. The number of rotatable bonds is 4. The smallest absolute Gasteiger partial charge is 0.00302 e. The molecule has 1 N–H and O–H groups in total. The molecule has 1 rings (SSSR count). The Morgan fingerprint density at radius 2 is 2.00 bits per heavy atom. The molecule has 96 valence electrons. The fourth-order valence-electron chi connectivity index (χ4n) is 2.53. The van der Waals surface area contributed by atoms with E-state index in [1.54, 1.807) is 0 Å². The molecule has 16 heavy (non-hydrogen) atoms. The highest BCUT2D eigenvalue weighted by Gasteiger charge is 2.23. The molecule has 0 amide bonds. The van der Waals surface area contributed by atoms with Crippen molar-refractivity contribution in [1.29, 1.82) is 0 Å². The molecule has 1 unspecified atom stereocenters. The van der Waals surface area contributed by atoms with Crippen LogP contribution in [0.25, 0.3) is 0 Å². The van der Waals surface area contributed by atoms with Gasteiger partial charge < -0.3 is 10.2 Å². The van der Waals surface area contributed by atoms with E-state index >= 15 is 0 Å². The summed E-state index contributed by atoms with van der Waals surface area (Å²) in [5, 5.41) is 3.57. The number of piperidine rings is 1. The second-order valence-corrected chi connectivity index (χ2v) is 6.87. The lowest BCUT2D eigenvalue weighted by Gasteiger charge is -2.37. The average molecular weight is 226 g/mol. The molecular weight excluding hydrogens is 196 g/mol. The molecule has 2 heteroatoms. The maximum atomic E-state index is 3.57. The van der Waals surface area contributed by atoms with Crippen LogP contribution in [0.1, 0.15) is 47.5 Å². The van der Waals surface area contributed by atoms with Crippen molar-refractivity contribution >= 4 is 0 Å². The Labute approximate surface area is 102 Å². The molecule has 0 aromatic carbocycles. The summed E-state index contributed by atoms with van der Waals surface area (Å²) in [6.45, 7) is 16.5. The first kappa shape index (κ1) is 14.0. The number of nitrogens with zero attached hydrogens (tertiary/aromatic N) is 1. The molecule has 1 heterocycles. The molecule has 0 aliphatic carbocycles. The van der Waals surface area contributed by atoms with Gasteiger partial charge in [-0.2, -0.15) is 0 Å². The van der Waals surface area contributed by atoms with Gasteiger partial charge in [0.15, 0.2) is 0 Å². The van der Waals surface area contributed by atoms with Crippen molar-refractivity contribution in [1.82, 2.24) is 10.2 Å². The van der Waals surface area contributed by atoms with Gasteiger partial charge in [0.2, 0.25) is 0 Å². The van der Waals surface area contributed by atoms with Crippen molar-refractivity contribution in [3.05, 3.63) is 0 Å². The maximum absolute atomic E-state index is 3.57. The van der Waals surface area contributed by atoms with E-state index in [9.17, 15) is 0 Å². The third-order valence-corrected chi connectivity index (χ3v) is 3.12. The summed E-state index contributed by atoms with van der Waals surface area (Å²) in [7, 11) is 0. The Balaban J connectivity index is 2.30. The average Bonchev–Trinajstić information content (AvgIpc) is 2.12. The summed E-state index contributed by atoms with van der Waals surface area (Å²) in [5.41, 5.74) is 0.438. The van der Waals surface area contributed by atoms with Crippen LogP contribution >= 0.6 is 0 Å². The monoisotopic (exact) mass is 226 g/mol. The summed E-state index contributed by atoms with van der Waals surface area (Å²) in [6, 6.07) is 0.623. The van der Waals surface area contributed by atoms with Crippen LogP contribution in [0.2, 0.25) is 0 Å². The van der Waals surface area contributed by atoms with E-state index < -0.39 is 0 Å². The zero-order chi connectivity index (χ0) is 12.2. The van der Waals surface area contributed by atoms with Crippen LogP contribution < -0.4 is 5.32 Å². The molecule has 1 fully saturated rings. The number of hydrogen-bond acceptors (Lipinski definition) is 2. The highest BCUT2D eigenvalue weighted by molar-refractivity contribution is 4.78. The van der Waals surface area contributed by atoms with Gasteiger partial charge in [-0.3, -0.25) is 0 Å². The SMILES string of the molecule is CC(C)NCC1CCCN(CC(C)(C)C)C1. The standard InChI is InChI=1S/C14H30N2/c1-12(2)15-9-13-7-6-8-16(10-13)11-14(3,4)5/h12-13,15H,6-11H2,1-5H3. The van der Waals surface area contributed by atoms with Crippen molar-refractivity contribution < 1.29 is 0 Å². The molecule has 2 nitrogen and oxygen atoms in total. The highest BCUT2D eigenvalue weighted by atomic mass is 15.1. The van der Waals surface area contributed by atoms with Crippen LogP contribution in [0.4, 0.5) is 0 Å². The predicted molar refractivity (Wildman–Crippen MR) is 71.8 cm³/mol. The van der Waals surface area contributed by atoms with Gasteiger partial charge in [-0.05, 0) is 37.3 Å². The van der Waals surface area contributed by atoms with Crippen molar-refractivity contribution in [3.63, 3.8) is 0 Å². The first-order valence-corrected chi connectivity index (χ1v) is 6.82. The molecule has 1 aliphatic heterocycles. The Kier molecular flexibility index (Phi) is 5.26. The van der Waals surface area contributed by atoms with E-state index in [-0.39, 0.29) is 0 Å². The second-order valence-electron chi connectivity index (χ2n) is 6.87. The second kappa shape index (κ2) is 6.02. The summed E-state index contributed by atoms with van der Waals surface area (Å²) >= 11 is 0. The van der Waals surface area contributed by atoms with E-state index in [1.165, 1.54) is 39.0 Å². The molecule has 1 atom stereocenters. The third kappa shape index (κ3) is 5.86. The lowest BCUT2D eigenvalue weighted by atomic mass is 9.92. The van der Waals surface area contributed by atoms with Crippen LogP contribution in [0.15, 0.2) is 0 Å². The number of nitrogens with one attached hydrogen (secondary N) is 1. The Hall–Kier alpha value is -0.0800. The van der Waals surface area contributed by atoms with Crippen molar-refractivity contribution in [2.45, 2.75) is 53.5 Å². The van der Waals surface area contributed by atoms with Gasteiger partial charge in [-0.15, -0.1) is 0 Å². The van der Waals surface area contributed by atoms with Gasteiger partial charge in [0.25, 0.3) is 0 Å². The zero-order valence-electron chi connectivity index (χ0n) is 11.8. The summed E-state index contributed by atoms with van der Waals surface area (Å²) in [5.74, 6) is 0.860. The minimum atomic E-state index is 0.438. The maximum Gasteiger partial charge on any atom is 0.00302 e. The fourth-order valence-corrected chi connectivity index (χ4v) is 2.53. The van der Waals surface area contributed by atoms with E-state index in [0.29, 0.717) is 11.5 Å². The molecule has 0 aromatic rings. The molecule has 1 aliphatic rings. The van der Waals surface area contributed by atoms with Crippen molar-refractivity contribution in [2.24, 2.45) is 11.3 Å². The minimum absolute atomic E-state index is 0.438. The Bertz CT molecular complexity index is 193. The van der Waals surface area contributed by atoms with Crippen molar-refractivity contribution in [3.8, 4) is 0 Å². The van der Waals surface area contributed by atoms with Crippen LogP contribution in [0, 0.1) is 11.3 Å². The normalized spacial score (nSPS) is 24.0. The van der Waals surface area contributed by atoms with Crippen molar-refractivity contribution in [2.75, 3.05) is 26.2 Å². The fraction of sp³-hybridized carbons (Fsp3) is 1.00. The van der Waals surface area contributed by atoms with Gasteiger partial charge in [0, 0.05) is 19.1 Å². The van der Waals surface area contributed by atoms with Gasteiger partial charge in [0.05, 0.1) is 0 Å². The molecule has 0 aromatic heterocycles. The van der Waals surface area contributed by atoms with Crippen LogP contribution in [0.3, 0.4) is 0 Å². The van der Waals surface area contributed by atoms with Crippen LogP contribution in [-0.2, 0) is 0 Å². The van der Waals surface area contributed by atoms with E-state index in [0.717, 1.165) is 5.92 Å². The Morgan fingerprint density at radius 1 is 1.31 bits per heavy atom. The zero-order valence-corrected chi connectivity index (χ0v) is 11.8. The summed E-state index contributed by atoms with van der Waals surface area (Å²) in [4.78, 5) is 2.65. The molecule has 0 radical (unpaired) electrons. The summed E-state index contributed by atoms with van der Waals surface area (Å²) < 4.78 is 0. The topological polar surface area (TPSA) is 15.3 Å². The number of hydrogen-bond donors (Lipinski definition) is 1. The number of likely N-dealkylation sites (tertiary alicyclic amines) is 1. The van der Waals surface area contributed by atoms with E-state index in [1.807, 2.05) is 0 Å². The quantitative estimate of drug-likeness (QED) is 0.793. The van der Waals surface area contributed by atoms with Gasteiger partial charge in [-0.25, -0.2) is 0 Å². The minimum Gasteiger partial charge on any atom is -0.314 e. The molecule has 0 spiro atoms. The van der Waals surface area contributed by atoms with Gasteiger partial charge in [0.1, 0.15) is 0 Å². The first-order chi connectivity index (χ1) is 7.37. The van der Waals surface area contributed by atoms with E-state index in [2.05, 4.69) is 44.8 Å². The summed E-state index contributed by atoms with van der Waals surface area (Å²) in [6.07, 6.45) is 2.78. The largest absolute Gasteiger partial charge is 0.314 e. The van der Waals surface area contributed by atoms with Crippen LogP contribution in [0.5, 0.6) is 0 Å². The highest BCUT2D eigenvalue weighted by Crippen LogP contribution is 2.21. The Morgan fingerprint density at radius 3 is 2.56 bits per heavy atom. The molecule has 1 saturated heterocycles. The van der Waals surface area contributed by atoms with Gasteiger partial charge in [-0.1, -0.05) is 34.6 Å². The van der Waals surface area contributed by atoms with Crippen LogP contribution in [-0.4, -0.2) is 37.1 Å². The first-order valence-electron chi connectivity index (χ1n) is 6.82. The molecule has 0 bridgehead atoms. The van der Waals surface area contributed by atoms with Gasteiger partial charge >= 0.3 is 0 Å². The molecular formula is C14H30N2. The molecule has 0 saturated carbocycles.